The zero-order valence-electron chi connectivity index (χ0n) is 19.9. The van der Waals surface area contributed by atoms with Gasteiger partial charge >= 0.3 is 5.97 Å². The number of carbonyl (C=O) groups excluding carboxylic acids is 1. The highest BCUT2D eigenvalue weighted by atomic mass is 19.1. The Morgan fingerprint density at radius 1 is 0.903 bits per heavy atom. The molecule has 0 spiro atoms. The van der Waals surface area contributed by atoms with E-state index < -0.39 is 12.3 Å². The smallest absolute Gasteiger partial charge is 0.309 e. The minimum absolute atomic E-state index is 0.0156. The molecule has 3 aliphatic carbocycles. The Morgan fingerprint density at radius 3 is 2.16 bits per heavy atom. The van der Waals surface area contributed by atoms with Gasteiger partial charge in [0, 0.05) is 6.42 Å². The van der Waals surface area contributed by atoms with Crippen LogP contribution in [0.5, 0.6) is 0 Å². The van der Waals surface area contributed by atoms with Crippen molar-refractivity contribution in [1.29, 1.82) is 0 Å². The zero-order chi connectivity index (χ0) is 22.1. The lowest BCUT2D eigenvalue weighted by Crippen LogP contribution is -2.38. The van der Waals surface area contributed by atoms with Gasteiger partial charge in [0.05, 0.1) is 12.0 Å². The molecule has 0 amide bonds. The van der Waals surface area contributed by atoms with Gasteiger partial charge in [-0.15, -0.1) is 0 Å². The average molecular weight is 436 g/mol. The lowest BCUT2D eigenvalue weighted by molar-refractivity contribution is -0.161. The van der Waals surface area contributed by atoms with Gasteiger partial charge in [0.25, 0.3) is 0 Å². The molecule has 0 saturated heterocycles. The van der Waals surface area contributed by atoms with Crippen molar-refractivity contribution in [3.05, 3.63) is 0 Å². The van der Waals surface area contributed by atoms with Crippen LogP contribution in [0.15, 0.2) is 4.99 Å². The van der Waals surface area contributed by atoms with Crippen LogP contribution in [0, 0.1) is 23.7 Å². The Labute approximate surface area is 190 Å². The molecule has 31 heavy (non-hydrogen) atoms. The molecule has 178 valence electrons. The Morgan fingerprint density at radius 2 is 1.55 bits per heavy atom. The number of alkyl halides is 1. The second-order valence-electron chi connectivity index (χ2n) is 10.7. The summed E-state index contributed by atoms with van der Waals surface area (Å²) in [7, 11) is 0. The predicted octanol–water partition coefficient (Wildman–Crippen LogP) is 7.46. The van der Waals surface area contributed by atoms with Gasteiger partial charge in [-0.05, 0) is 75.8 Å². The molecule has 3 aliphatic rings. The van der Waals surface area contributed by atoms with Gasteiger partial charge in [0.2, 0.25) is 0 Å². The van der Waals surface area contributed by atoms with Crippen molar-refractivity contribution in [3.63, 3.8) is 0 Å². The van der Waals surface area contributed by atoms with E-state index in [1.165, 1.54) is 64.2 Å². The van der Waals surface area contributed by atoms with Gasteiger partial charge < -0.3 is 4.74 Å². The zero-order valence-corrected chi connectivity index (χ0v) is 19.9. The van der Waals surface area contributed by atoms with Crippen molar-refractivity contribution in [1.82, 2.24) is 0 Å². The third-order valence-corrected chi connectivity index (χ3v) is 8.59. The minimum atomic E-state index is -1.09. The van der Waals surface area contributed by atoms with E-state index in [9.17, 15) is 9.18 Å². The number of unbranched alkanes of at least 4 members (excludes halogenated alkanes) is 4. The molecule has 4 heteroatoms. The van der Waals surface area contributed by atoms with Gasteiger partial charge in [0.15, 0.2) is 0 Å². The third kappa shape index (κ3) is 7.56. The van der Waals surface area contributed by atoms with Crippen LogP contribution in [-0.4, -0.2) is 31.0 Å². The monoisotopic (exact) mass is 435 g/mol. The molecule has 3 nitrogen and oxygen atoms in total. The maximum Gasteiger partial charge on any atom is 0.309 e. The first-order valence-corrected chi connectivity index (χ1v) is 13.4. The van der Waals surface area contributed by atoms with Gasteiger partial charge in [0.1, 0.15) is 12.3 Å². The maximum atomic E-state index is 14.3. The molecular formula is C27H46FNO2. The fourth-order valence-corrected chi connectivity index (χ4v) is 6.42. The number of ether oxygens (including phenoxy) is 1. The van der Waals surface area contributed by atoms with Gasteiger partial charge in [-0.2, -0.15) is 0 Å². The van der Waals surface area contributed by atoms with E-state index in [2.05, 4.69) is 18.6 Å². The molecule has 3 rings (SSSR count). The summed E-state index contributed by atoms with van der Waals surface area (Å²) < 4.78 is 19.9. The van der Waals surface area contributed by atoms with Crippen LogP contribution in [0.25, 0.3) is 0 Å². The highest BCUT2D eigenvalue weighted by Crippen LogP contribution is 2.42. The fourth-order valence-electron chi connectivity index (χ4n) is 6.42. The summed E-state index contributed by atoms with van der Waals surface area (Å²) in [5, 5.41) is 0. The van der Waals surface area contributed by atoms with Crippen LogP contribution in [0.4, 0.5) is 4.39 Å². The Bertz CT molecular complexity index is 537. The summed E-state index contributed by atoms with van der Waals surface area (Å²) >= 11 is 0. The SMILES string of the molecule is C=NC1CCC(OC(=O)C2CCC(C3CCC(CCCCCCC)CC3)CC2)C(F)C1. The van der Waals surface area contributed by atoms with Crippen molar-refractivity contribution in [2.24, 2.45) is 28.7 Å². The quantitative estimate of drug-likeness (QED) is 0.203. The van der Waals surface area contributed by atoms with Crippen LogP contribution in [-0.2, 0) is 9.53 Å². The van der Waals surface area contributed by atoms with Crippen LogP contribution in [0.2, 0.25) is 0 Å². The van der Waals surface area contributed by atoms with Gasteiger partial charge in [-0.25, -0.2) is 4.39 Å². The topological polar surface area (TPSA) is 38.7 Å². The standard InChI is InChI=1S/C27H46FNO2/c1-3-4-5-6-7-8-20-9-11-21(12-10-20)22-13-15-23(16-14-22)27(30)31-26-18-17-24(29-2)19-25(26)28/h20-26H,2-19H2,1H3. The summed E-state index contributed by atoms with van der Waals surface area (Å²) in [6.07, 6.45) is 18.2. The number of aliphatic imine (C=N–C) groups is 1. The van der Waals surface area contributed by atoms with Crippen LogP contribution in [0.1, 0.15) is 116 Å². The average Bonchev–Trinajstić information content (AvgIpc) is 2.80. The number of hydrogen-bond acceptors (Lipinski definition) is 3. The van der Waals surface area contributed by atoms with Crippen molar-refractivity contribution >= 4 is 12.7 Å². The van der Waals surface area contributed by atoms with Gasteiger partial charge in [-0.1, -0.05) is 58.3 Å². The summed E-state index contributed by atoms with van der Waals surface area (Å²) in [5.74, 6) is 2.45. The van der Waals surface area contributed by atoms with E-state index in [0.29, 0.717) is 12.8 Å². The normalized spacial score (nSPS) is 36.6. The first-order valence-electron chi connectivity index (χ1n) is 13.4. The molecule has 3 fully saturated rings. The third-order valence-electron chi connectivity index (χ3n) is 8.59. The Hall–Kier alpha value is -0.930. The molecule has 0 radical (unpaired) electrons. The first kappa shape index (κ1) is 24.7. The molecule has 0 aromatic carbocycles. The van der Waals surface area contributed by atoms with E-state index in [0.717, 1.165) is 49.9 Å². The van der Waals surface area contributed by atoms with E-state index >= 15 is 0 Å². The number of hydrogen-bond donors (Lipinski definition) is 0. The van der Waals surface area contributed by atoms with Crippen molar-refractivity contribution in [3.8, 4) is 0 Å². The van der Waals surface area contributed by atoms with E-state index in [1.54, 1.807) is 0 Å². The van der Waals surface area contributed by atoms with Crippen LogP contribution >= 0.6 is 0 Å². The second-order valence-corrected chi connectivity index (χ2v) is 10.7. The van der Waals surface area contributed by atoms with Crippen LogP contribution < -0.4 is 0 Å². The molecule has 0 heterocycles. The molecule has 0 N–H and O–H groups in total. The molecule has 0 aliphatic heterocycles. The van der Waals surface area contributed by atoms with Crippen molar-refractivity contribution in [2.75, 3.05) is 0 Å². The van der Waals surface area contributed by atoms with E-state index in [4.69, 9.17) is 4.74 Å². The molecule has 0 aromatic heterocycles. The van der Waals surface area contributed by atoms with Crippen molar-refractivity contribution in [2.45, 2.75) is 134 Å². The summed E-state index contributed by atoms with van der Waals surface area (Å²) in [5.41, 5.74) is 0. The van der Waals surface area contributed by atoms with E-state index in [-0.39, 0.29) is 17.9 Å². The highest BCUT2D eigenvalue weighted by Gasteiger charge is 2.37. The molecule has 3 unspecified atom stereocenters. The molecule has 3 saturated carbocycles. The summed E-state index contributed by atoms with van der Waals surface area (Å²) in [6.45, 7) is 5.81. The van der Waals surface area contributed by atoms with Crippen LogP contribution in [0.3, 0.4) is 0 Å². The number of esters is 1. The Kier molecular flexibility index (Phi) is 10.3. The fraction of sp³-hybridized carbons (Fsp3) is 0.926. The number of carbonyl (C=O) groups is 1. The van der Waals surface area contributed by atoms with Crippen molar-refractivity contribution < 1.29 is 13.9 Å². The summed E-state index contributed by atoms with van der Waals surface area (Å²) in [6, 6.07) is -0.0171. The molecule has 0 bridgehead atoms. The maximum absolute atomic E-state index is 14.3. The van der Waals surface area contributed by atoms with Gasteiger partial charge in [-0.3, -0.25) is 9.79 Å². The molecular weight excluding hydrogens is 389 g/mol. The minimum Gasteiger partial charge on any atom is -0.459 e. The summed E-state index contributed by atoms with van der Waals surface area (Å²) in [4.78, 5) is 16.6. The lowest BCUT2D eigenvalue weighted by atomic mass is 9.68. The molecule has 3 atom stereocenters. The largest absolute Gasteiger partial charge is 0.459 e. The molecule has 0 aromatic rings. The number of halogens is 1. The lowest BCUT2D eigenvalue weighted by Gasteiger charge is -2.38. The number of rotatable bonds is 10. The highest BCUT2D eigenvalue weighted by molar-refractivity contribution is 5.72. The second kappa shape index (κ2) is 12.9. The first-order chi connectivity index (χ1) is 15.1. The van der Waals surface area contributed by atoms with E-state index in [1.807, 2.05) is 0 Å². The number of nitrogens with zero attached hydrogens (tertiary/aromatic N) is 1. The Balaban J connectivity index is 1.31. The predicted molar refractivity (Wildman–Crippen MR) is 126 cm³/mol.